The molecule has 0 saturated carbocycles. The van der Waals surface area contributed by atoms with Crippen LogP contribution in [0, 0.1) is 12.5 Å². The van der Waals surface area contributed by atoms with Crippen LogP contribution >= 0.6 is 0 Å². The van der Waals surface area contributed by atoms with E-state index in [9.17, 15) is 0 Å². The van der Waals surface area contributed by atoms with Crippen LogP contribution in [0.25, 0.3) is 11.2 Å². The Balaban J connectivity index is 2.56. The molecule has 0 fully saturated rings. The van der Waals surface area contributed by atoms with Crippen LogP contribution in [0.1, 0.15) is 0 Å². The molecule has 6 heteroatoms. The van der Waals surface area contributed by atoms with E-state index in [1.807, 2.05) is 19.0 Å². The molecule has 2 rings (SSSR count). The molecule has 0 aliphatic carbocycles. The lowest BCUT2D eigenvalue weighted by Gasteiger charge is -2.01. The van der Waals surface area contributed by atoms with E-state index in [1.54, 1.807) is 6.34 Å². The van der Waals surface area contributed by atoms with Crippen molar-refractivity contribution in [2.75, 3.05) is 14.1 Å². The van der Waals surface area contributed by atoms with Crippen LogP contribution in [0.15, 0.2) is 17.6 Å². The number of fused-ring (bicyclic) bond motifs is 1. The Morgan fingerprint density at radius 2 is 2.25 bits per heavy atom. The summed E-state index contributed by atoms with van der Waals surface area (Å²) < 4.78 is 1.49. The van der Waals surface area contributed by atoms with Crippen molar-refractivity contribution in [2.24, 2.45) is 4.99 Å². The first-order valence-electron chi connectivity index (χ1n) is 4.57. The standard InChI is InChI=1S/C10H10N6/c1-4-16-7-13-8-9(14-6-15(2)3)11-5-12-10(8)16/h1,5-7H,2-3H3/b14-6+. The van der Waals surface area contributed by atoms with E-state index in [0.29, 0.717) is 17.0 Å². The Morgan fingerprint density at radius 1 is 1.44 bits per heavy atom. The molecule has 0 aromatic carbocycles. The van der Waals surface area contributed by atoms with E-state index in [-0.39, 0.29) is 0 Å². The number of aliphatic imine (C=N–C) groups is 1. The monoisotopic (exact) mass is 214 g/mol. The summed E-state index contributed by atoms with van der Waals surface area (Å²) in [4.78, 5) is 18.2. The number of nitrogens with zero attached hydrogens (tertiary/aromatic N) is 6. The Kier molecular flexibility index (Phi) is 2.52. The lowest BCUT2D eigenvalue weighted by Crippen LogP contribution is -2.07. The first-order valence-corrected chi connectivity index (χ1v) is 4.57. The van der Waals surface area contributed by atoms with E-state index >= 15 is 0 Å². The molecule has 0 saturated heterocycles. The van der Waals surface area contributed by atoms with Gasteiger partial charge in [-0.2, -0.15) is 0 Å². The highest BCUT2D eigenvalue weighted by atomic mass is 15.1. The van der Waals surface area contributed by atoms with E-state index in [2.05, 4.69) is 26.0 Å². The number of imidazole rings is 1. The number of hydrogen-bond acceptors (Lipinski definition) is 4. The van der Waals surface area contributed by atoms with Crippen molar-refractivity contribution in [3.8, 4) is 12.5 Å². The van der Waals surface area contributed by atoms with E-state index in [1.165, 1.54) is 17.2 Å². The molecule has 0 amide bonds. The highest BCUT2D eigenvalue weighted by Crippen LogP contribution is 2.18. The Bertz CT molecular complexity index is 574. The summed E-state index contributed by atoms with van der Waals surface area (Å²) in [5, 5.41) is 0. The Hall–Kier alpha value is -2.42. The first-order chi connectivity index (χ1) is 7.72. The molecule has 2 aromatic rings. The Labute approximate surface area is 92.7 Å². The maximum atomic E-state index is 5.30. The second-order valence-corrected chi connectivity index (χ2v) is 3.32. The molecule has 2 heterocycles. The summed E-state index contributed by atoms with van der Waals surface area (Å²) in [6, 6.07) is 2.44. The van der Waals surface area contributed by atoms with Gasteiger partial charge in [0.15, 0.2) is 17.0 Å². The minimum atomic E-state index is 0.507. The molecular formula is C10H10N6. The number of terminal acetylenes is 1. The zero-order chi connectivity index (χ0) is 11.5. The molecule has 6 nitrogen and oxygen atoms in total. The maximum absolute atomic E-state index is 5.30. The van der Waals surface area contributed by atoms with Gasteiger partial charge >= 0.3 is 0 Å². The first kappa shape index (κ1) is 10.1. The fourth-order valence-electron chi connectivity index (χ4n) is 1.18. The van der Waals surface area contributed by atoms with Gasteiger partial charge in [-0.15, -0.1) is 0 Å². The third kappa shape index (κ3) is 1.70. The molecule has 0 atom stereocenters. The number of rotatable bonds is 2. The summed E-state index contributed by atoms with van der Waals surface area (Å²) in [6.07, 6.45) is 9.89. The summed E-state index contributed by atoms with van der Waals surface area (Å²) in [5.74, 6) is 0.507. The zero-order valence-electron chi connectivity index (χ0n) is 8.99. The highest BCUT2D eigenvalue weighted by molar-refractivity contribution is 5.83. The van der Waals surface area contributed by atoms with Crippen molar-refractivity contribution in [3.05, 3.63) is 12.7 Å². The predicted molar refractivity (Wildman–Crippen MR) is 61.4 cm³/mol. The van der Waals surface area contributed by atoms with Crippen molar-refractivity contribution in [1.82, 2.24) is 24.4 Å². The third-order valence-electron chi connectivity index (χ3n) is 1.86. The zero-order valence-corrected chi connectivity index (χ0v) is 8.99. The van der Waals surface area contributed by atoms with Crippen LogP contribution < -0.4 is 0 Å². The van der Waals surface area contributed by atoms with Gasteiger partial charge in [0.2, 0.25) is 0 Å². The molecule has 80 valence electrons. The molecule has 16 heavy (non-hydrogen) atoms. The fourth-order valence-corrected chi connectivity index (χ4v) is 1.18. The van der Waals surface area contributed by atoms with E-state index in [4.69, 9.17) is 6.42 Å². The highest BCUT2D eigenvalue weighted by Gasteiger charge is 2.07. The maximum Gasteiger partial charge on any atom is 0.185 e. The number of aromatic nitrogens is 4. The van der Waals surface area contributed by atoms with Crippen molar-refractivity contribution in [3.63, 3.8) is 0 Å². The minimum Gasteiger partial charge on any atom is -0.369 e. The average molecular weight is 214 g/mol. The minimum absolute atomic E-state index is 0.507. The summed E-state index contributed by atoms with van der Waals surface area (Å²) in [6.45, 7) is 0. The summed E-state index contributed by atoms with van der Waals surface area (Å²) in [5.41, 5.74) is 1.18. The second kappa shape index (κ2) is 3.98. The van der Waals surface area contributed by atoms with Gasteiger partial charge in [0.1, 0.15) is 12.7 Å². The van der Waals surface area contributed by atoms with E-state index in [0.717, 1.165) is 0 Å². The van der Waals surface area contributed by atoms with Gasteiger partial charge in [-0.25, -0.2) is 24.5 Å². The third-order valence-corrected chi connectivity index (χ3v) is 1.86. The molecular weight excluding hydrogens is 204 g/mol. The van der Waals surface area contributed by atoms with Crippen LogP contribution in [-0.2, 0) is 0 Å². The van der Waals surface area contributed by atoms with Gasteiger partial charge in [0.25, 0.3) is 0 Å². The quantitative estimate of drug-likeness (QED) is 0.414. The van der Waals surface area contributed by atoms with Gasteiger partial charge in [-0.1, -0.05) is 6.42 Å². The second-order valence-electron chi connectivity index (χ2n) is 3.32. The van der Waals surface area contributed by atoms with Gasteiger partial charge < -0.3 is 4.90 Å². The summed E-state index contributed by atoms with van der Waals surface area (Å²) >= 11 is 0. The van der Waals surface area contributed by atoms with Crippen molar-refractivity contribution < 1.29 is 0 Å². The van der Waals surface area contributed by atoms with Crippen LogP contribution in [0.4, 0.5) is 5.82 Å². The largest absolute Gasteiger partial charge is 0.369 e. The molecule has 0 spiro atoms. The van der Waals surface area contributed by atoms with Crippen molar-refractivity contribution >= 4 is 23.3 Å². The van der Waals surface area contributed by atoms with Crippen LogP contribution in [0.2, 0.25) is 0 Å². The fraction of sp³-hybridized carbons (Fsp3) is 0.200. The van der Waals surface area contributed by atoms with Crippen LogP contribution in [0.5, 0.6) is 0 Å². The van der Waals surface area contributed by atoms with Gasteiger partial charge in [0.05, 0.1) is 6.34 Å². The average Bonchev–Trinajstić information content (AvgIpc) is 2.69. The van der Waals surface area contributed by atoms with Crippen molar-refractivity contribution in [1.29, 1.82) is 0 Å². The smallest absolute Gasteiger partial charge is 0.185 e. The summed E-state index contributed by atoms with van der Waals surface area (Å²) in [7, 11) is 3.75. The molecule has 2 aromatic heterocycles. The predicted octanol–water partition coefficient (Wildman–Crippen LogP) is 0.486. The number of hydrogen-bond donors (Lipinski definition) is 0. The Morgan fingerprint density at radius 3 is 2.94 bits per heavy atom. The molecule has 0 radical (unpaired) electrons. The lowest BCUT2D eigenvalue weighted by molar-refractivity contribution is 0.643. The molecule has 0 bridgehead atoms. The molecule has 0 aliphatic heterocycles. The SMILES string of the molecule is C#Cn1cnc2c(/N=C/N(C)C)ncnc21. The van der Waals surface area contributed by atoms with Crippen molar-refractivity contribution in [2.45, 2.75) is 0 Å². The molecule has 0 aliphatic rings. The van der Waals surface area contributed by atoms with Gasteiger partial charge in [0, 0.05) is 20.1 Å². The normalized spacial score (nSPS) is 10.8. The van der Waals surface area contributed by atoms with Gasteiger partial charge in [-0.05, 0) is 0 Å². The van der Waals surface area contributed by atoms with Crippen LogP contribution in [0.3, 0.4) is 0 Å². The van der Waals surface area contributed by atoms with Crippen LogP contribution in [-0.4, -0.2) is 44.9 Å². The molecule has 0 unspecified atom stereocenters. The van der Waals surface area contributed by atoms with Gasteiger partial charge in [-0.3, -0.25) is 0 Å². The van der Waals surface area contributed by atoms with E-state index < -0.39 is 0 Å². The lowest BCUT2D eigenvalue weighted by atomic mass is 10.5. The topological polar surface area (TPSA) is 59.2 Å². The molecule has 0 N–H and O–H groups in total.